The lowest BCUT2D eigenvalue weighted by atomic mass is 10.3. The summed E-state index contributed by atoms with van der Waals surface area (Å²) in [6.07, 6.45) is 0. The molecule has 0 spiro atoms. The van der Waals surface area contributed by atoms with Crippen molar-refractivity contribution in [1.82, 2.24) is 25.1 Å². The highest BCUT2D eigenvalue weighted by atomic mass is 32.2. The van der Waals surface area contributed by atoms with Crippen LogP contribution in [0.2, 0.25) is 0 Å². The van der Waals surface area contributed by atoms with Gasteiger partial charge in [-0.15, -0.1) is 5.10 Å². The molecule has 0 aliphatic heterocycles. The highest BCUT2D eigenvalue weighted by Crippen LogP contribution is 2.26. The van der Waals surface area contributed by atoms with Crippen LogP contribution in [0.1, 0.15) is 18.4 Å². The summed E-state index contributed by atoms with van der Waals surface area (Å²) in [6.45, 7) is 4.75. The van der Waals surface area contributed by atoms with Crippen LogP contribution in [0, 0.1) is 6.92 Å². The van der Waals surface area contributed by atoms with Crippen molar-refractivity contribution >= 4 is 17.7 Å². The largest absolute Gasteiger partial charge is 0.492 e. The Morgan fingerprint density at radius 2 is 2.11 bits per heavy atom. The van der Waals surface area contributed by atoms with Crippen LogP contribution in [0.5, 0.6) is 5.75 Å². The molecule has 3 rings (SSSR count). The van der Waals surface area contributed by atoms with Gasteiger partial charge in [0.25, 0.3) is 0 Å². The van der Waals surface area contributed by atoms with Crippen molar-refractivity contribution in [3.63, 3.8) is 0 Å². The second-order valence-electron chi connectivity index (χ2n) is 5.82. The van der Waals surface area contributed by atoms with Gasteiger partial charge in [-0.2, -0.15) is 4.68 Å². The van der Waals surface area contributed by atoms with Crippen LogP contribution in [0.4, 0.5) is 0 Å². The number of hydrogen-bond donors (Lipinski definition) is 0. The molecule has 0 fully saturated rings. The van der Waals surface area contributed by atoms with Crippen molar-refractivity contribution in [2.75, 3.05) is 19.4 Å². The highest BCUT2D eigenvalue weighted by Gasteiger charge is 2.17. The number of thioether (sulfide) groups is 1. The SMILES string of the molecule is CCOc1ccccc1-n1nnnc1SCC(=O)N(C)Cc1ccc(C)o1. The van der Waals surface area contributed by atoms with Gasteiger partial charge in [-0.05, 0) is 48.5 Å². The van der Waals surface area contributed by atoms with E-state index in [4.69, 9.17) is 9.15 Å². The molecule has 142 valence electrons. The summed E-state index contributed by atoms with van der Waals surface area (Å²) in [7, 11) is 1.74. The average molecular weight is 387 g/mol. The van der Waals surface area contributed by atoms with Crippen LogP contribution >= 0.6 is 11.8 Å². The summed E-state index contributed by atoms with van der Waals surface area (Å²) in [6, 6.07) is 11.3. The Bertz CT molecular complexity index is 908. The van der Waals surface area contributed by atoms with Crippen LogP contribution in [-0.2, 0) is 11.3 Å². The van der Waals surface area contributed by atoms with Gasteiger partial charge in [-0.1, -0.05) is 23.9 Å². The van der Waals surface area contributed by atoms with E-state index in [1.165, 1.54) is 11.8 Å². The number of carbonyl (C=O) groups excluding carboxylic acids is 1. The molecular weight excluding hydrogens is 366 g/mol. The number of aromatic nitrogens is 4. The minimum Gasteiger partial charge on any atom is -0.492 e. The third-order valence-corrected chi connectivity index (χ3v) is 4.68. The minimum atomic E-state index is -0.0401. The normalized spacial score (nSPS) is 10.8. The first-order chi connectivity index (χ1) is 13.1. The van der Waals surface area contributed by atoms with E-state index >= 15 is 0 Å². The molecule has 8 nitrogen and oxygen atoms in total. The van der Waals surface area contributed by atoms with E-state index in [9.17, 15) is 4.79 Å². The van der Waals surface area contributed by atoms with Crippen LogP contribution in [0.3, 0.4) is 0 Å². The van der Waals surface area contributed by atoms with Crippen LogP contribution in [0.15, 0.2) is 46.0 Å². The fourth-order valence-corrected chi connectivity index (χ4v) is 3.28. The Balaban J connectivity index is 1.66. The molecule has 0 N–H and O–H groups in total. The molecule has 0 aliphatic carbocycles. The van der Waals surface area contributed by atoms with Crippen molar-refractivity contribution < 1.29 is 13.9 Å². The molecule has 3 aromatic rings. The molecule has 0 saturated heterocycles. The zero-order chi connectivity index (χ0) is 19.2. The molecule has 0 atom stereocenters. The predicted molar refractivity (Wildman–Crippen MR) is 101 cm³/mol. The molecule has 1 aromatic carbocycles. The minimum absolute atomic E-state index is 0.0401. The molecular formula is C18H21N5O3S. The van der Waals surface area contributed by atoms with E-state index in [2.05, 4.69) is 15.5 Å². The maximum absolute atomic E-state index is 12.4. The van der Waals surface area contributed by atoms with Gasteiger partial charge in [-0.25, -0.2) is 0 Å². The lowest BCUT2D eigenvalue weighted by Crippen LogP contribution is -2.27. The molecule has 0 saturated carbocycles. The van der Waals surface area contributed by atoms with Crippen molar-refractivity contribution in [3.8, 4) is 11.4 Å². The summed E-state index contributed by atoms with van der Waals surface area (Å²) in [5.74, 6) is 2.44. The van der Waals surface area contributed by atoms with Crippen LogP contribution in [-0.4, -0.2) is 50.4 Å². The lowest BCUT2D eigenvalue weighted by Gasteiger charge is -2.15. The highest BCUT2D eigenvalue weighted by molar-refractivity contribution is 7.99. The lowest BCUT2D eigenvalue weighted by molar-refractivity contribution is -0.127. The predicted octanol–water partition coefficient (Wildman–Crippen LogP) is 2.71. The number of furan rings is 1. The van der Waals surface area contributed by atoms with Gasteiger partial charge in [-0.3, -0.25) is 4.79 Å². The number of rotatable bonds is 8. The smallest absolute Gasteiger partial charge is 0.233 e. The second-order valence-corrected chi connectivity index (χ2v) is 6.77. The molecule has 0 radical (unpaired) electrons. The molecule has 0 unspecified atom stereocenters. The number of nitrogens with zero attached hydrogens (tertiary/aromatic N) is 5. The Labute approximate surface area is 161 Å². The fraction of sp³-hybridized carbons (Fsp3) is 0.333. The second kappa shape index (κ2) is 8.72. The Hall–Kier alpha value is -2.81. The van der Waals surface area contributed by atoms with E-state index in [1.807, 2.05) is 50.2 Å². The van der Waals surface area contributed by atoms with Gasteiger partial charge in [0.05, 0.1) is 18.9 Å². The molecule has 2 heterocycles. The number of aryl methyl sites for hydroxylation is 1. The third kappa shape index (κ3) is 4.68. The maximum Gasteiger partial charge on any atom is 0.233 e. The first kappa shape index (κ1) is 19.0. The van der Waals surface area contributed by atoms with Gasteiger partial charge in [0.2, 0.25) is 11.1 Å². The van der Waals surface area contributed by atoms with Gasteiger partial charge < -0.3 is 14.1 Å². The summed E-state index contributed by atoms with van der Waals surface area (Å²) in [5, 5.41) is 12.3. The van der Waals surface area contributed by atoms with Crippen molar-refractivity contribution in [2.24, 2.45) is 0 Å². The average Bonchev–Trinajstić information content (AvgIpc) is 3.29. The van der Waals surface area contributed by atoms with E-state index in [-0.39, 0.29) is 11.7 Å². The zero-order valence-electron chi connectivity index (χ0n) is 15.5. The molecule has 1 amide bonds. The topological polar surface area (TPSA) is 86.3 Å². The molecule has 27 heavy (non-hydrogen) atoms. The Morgan fingerprint density at radius 3 is 2.85 bits per heavy atom. The number of benzene rings is 1. The van der Waals surface area contributed by atoms with E-state index < -0.39 is 0 Å². The quantitative estimate of drug-likeness (QED) is 0.549. The van der Waals surface area contributed by atoms with E-state index in [1.54, 1.807) is 16.6 Å². The first-order valence-corrected chi connectivity index (χ1v) is 9.49. The summed E-state index contributed by atoms with van der Waals surface area (Å²) in [4.78, 5) is 14.0. The fourth-order valence-electron chi connectivity index (χ4n) is 2.46. The van der Waals surface area contributed by atoms with Crippen molar-refractivity contribution in [3.05, 3.63) is 47.9 Å². The summed E-state index contributed by atoms with van der Waals surface area (Å²) >= 11 is 1.28. The molecule has 2 aromatic heterocycles. The maximum atomic E-state index is 12.4. The monoisotopic (exact) mass is 387 g/mol. The van der Waals surface area contributed by atoms with Gasteiger partial charge in [0, 0.05) is 7.05 Å². The summed E-state index contributed by atoms with van der Waals surface area (Å²) < 4.78 is 12.7. The van der Waals surface area contributed by atoms with E-state index in [0.29, 0.717) is 24.1 Å². The standard InChI is InChI=1S/C18H21N5O3S/c1-4-25-16-8-6-5-7-15(16)23-18(19-20-21-23)27-12-17(24)22(3)11-14-10-9-13(2)26-14/h5-10H,4,11-12H2,1-3H3. The van der Waals surface area contributed by atoms with Crippen molar-refractivity contribution in [2.45, 2.75) is 25.5 Å². The Kier molecular flexibility index (Phi) is 6.12. The first-order valence-electron chi connectivity index (χ1n) is 8.51. The Morgan fingerprint density at radius 1 is 1.30 bits per heavy atom. The number of tetrazole rings is 1. The number of amides is 1. The van der Waals surface area contributed by atoms with E-state index in [0.717, 1.165) is 17.2 Å². The molecule has 9 heteroatoms. The van der Waals surface area contributed by atoms with Crippen LogP contribution < -0.4 is 4.74 Å². The number of para-hydroxylation sites is 2. The zero-order valence-corrected chi connectivity index (χ0v) is 16.3. The summed E-state index contributed by atoms with van der Waals surface area (Å²) in [5.41, 5.74) is 0.735. The van der Waals surface area contributed by atoms with Gasteiger partial charge in [0.1, 0.15) is 23.0 Å². The third-order valence-electron chi connectivity index (χ3n) is 3.77. The molecule has 0 aliphatic rings. The number of ether oxygens (including phenoxy) is 1. The van der Waals surface area contributed by atoms with Crippen molar-refractivity contribution in [1.29, 1.82) is 0 Å². The van der Waals surface area contributed by atoms with Crippen LogP contribution in [0.25, 0.3) is 5.69 Å². The molecule has 0 bridgehead atoms. The number of carbonyl (C=O) groups is 1. The number of hydrogen-bond acceptors (Lipinski definition) is 7. The van der Waals surface area contributed by atoms with Gasteiger partial charge >= 0.3 is 0 Å². The van der Waals surface area contributed by atoms with Gasteiger partial charge in [0.15, 0.2) is 0 Å².